The van der Waals surface area contributed by atoms with E-state index in [9.17, 15) is 4.79 Å². The normalized spacial score (nSPS) is 11.4. The Kier molecular flexibility index (Phi) is 5.52. The molecule has 1 amide bonds. The van der Waals surface area contributed by atoms with Crippen LogP contribution in [0.4, 0.5) is 5.69 Å². The van der Waals surface area contributed by atoms with Crippen LogP contribution in [0, 0.1) is 34.6 Å². The van der Waals surface area contributed by atoms with Crippen molar-refractivity contribution in [3.05, 3.63) is 64.2 Å². The number of nitrogens with one attached hydrogen (secondary N) is 1. The minimum atomic E-state index is 0.0116. The summed E-state index contributed by atoms with van der Waals surface area (Å²) in [5, 5.41) is 13.8. The number of nitrogens with zero attached hydrogens (tertiary/aromatic N) is 3. The summed E-state index contributed by atoms with van der Waals surface area (Å²) in [5.41, 5.74) is 8.70. The van der Waals surface area contributed by atoms with Gasteiger partial charge in [-0.3, -0.25) is 9.20 Å². The maximum Gasteiger partial charge on any atom is 0.225 e. The fourth-order valence-electron chi connectivity index (χ4n) is 3.83. The van der Waals surface area contributed by atoms with Gasteiger partial charge >= 0.3 is 0 Å². The van der Waals surface area contributed by atoms with Crippen molar-refractivity contribution >= 4 is 39.9 Å². The highest BCUT2D eigenvalue weighted by Crippen LogP contribution is 2.29. The molecule has 30 heavy (non-hydrogen) atoms. The third-order valence-corrected chi connectivity index (χ3v) is 6.26. The van der Waals surface area contributed by atoms with E-state index in [0.29, 0.717) is 12.2 Å². The minimum absolute atomic E-state index is 0.0116. The van der Waals surface area contributed by atoms with Gasteiger partial charge in [0.05, 0.1) is 5.52 Å². The van der Waals surface area contributed by atoms with Crippen LogP contribution in [-0.2, 0) is 4.79 Å². The van der Waals surface area contributed by atoms with E-state index in [-0.39, 0.29) is 5.91 Å². The van der Waals surface area contributed by atoms with Crippen LogP contribution in [0.25, 0.3) is 16.6 Å². The van der Waals surface area contributed by atoms with Crippen LogP contribution in [0.5, 0.6) is 0 Å². The summed E-state index contributed by atoms with van der Waals surface area (Å²) in [6.07, 6.45) is 0.412. The molecule has 0 aliphatic carbocycles. The van der Waals surface area contributed by atoms with Gasteiger partial charge in [-0.05, 0) is 75.1 Å². The smallest absolute Gasteiger partial charge is 0.225 e. The van der Waals surface area contributed by atoms with Crippen LogP contribution in [0.1, 0.15) is 34.2 Å². The third-order valence-electron chi connectivity index (χ3n) is 5.32. The molecule has 6 heteroatoms. The van der Waals surface area contributed by atoms with Gasteiger partial charge in [0.1, 0.15) is 0 Å². The molecule has 4 rings (SSSR count). The number of anilines is 1. The van der Waals surface area contributed by atoms with Gasteiger partial charge in [-0.15, -0.1) is 10.2 Å². The summed E-state index contributed by atoms with van der Waals surface area (Å²) in [6.45, 7) is 10.4. The van der Waals surface area contributed by atoms with Crippen molar-refractivity contribution in [2.24, 2.45) is 0 Å². The lowest BCUT2D eigenvalue weighted by molar-refractivity contribution is -0.115. The average Bonchev–Trinajstić information content (AvgIpc) is 3.07. The number of aromatic nitrogens is 3. The fraction of sp³-hybridized carbons (Fsp3) is 0.292. The molecular weight excluding hydrogens is 392 g/mol. The largest absolute Gasteiger partial charge is 0.326 e. The highest BCUT2D eigenvalue weighted by atomic mass is 32.2. The molecule has 2 aromatic heterocycles. The number of amides is 1. The van der Waals surface area contributed by atoms with Crippen molar-refractivity contribution < 1.29 is 4.79 Å². The van der Waals surface area contributed by atoms with Crippen LogP contribution < -0.4 is 5.32 Å². The molecule has 2 heterocycles. The van der Waals surface area contributed by atoms with Crippen molar-refractivity contribution in [1.29, 1.82) is 0 Å². The van der Waals surface area contributed by atoms with Crippen LogP contribution in [0.2, 0.25) is 0 Å². The Labute approximate surface area is 180 Å². The molecule has 0 saturated heterocycles. The van der Waals surface area contributed by atoms with Crippen molar-refractivity contribution in [1.82, 2.24) is 14.6 Å². The van der Waals surface area contributed by atoms with E-state index < -0.39 is 0 Å². The summed E-state index contributed by atoms with van der Waals surface area (Å²) in [5.74, 6) is 0.648. The van der Waals surface area contributed by atoms with Gasteiger partial charge in [-0.2, -0.15) is 0 Å². The summed E-state index contributed by atoms with van der Waals surface area (Å²) in [7, 11) is 0. The van der Waals surface area contributed by atoms with Crippen molar-refractivity contribution in [3.8, 4) is 0 Å². The second-order valence-corrected chi connectivity index (χ2v) is 9.01. The van der Waals surface area contributed by atoms with E-state index in [0.717, 1.165) is 33.1 Å². The first kappa shape index (κ1) is 20.4. The molecule has 0 unspecified atom stereocenters. The molecule has 2 aromatic carbocycles. The predicted octanol–water partition coefficient (Wildman–Crippen LogP) is 5.55. The van der Waals surface area contributed by atoms with Crippen molar-refractivity contribution in [2.75, 3.05) is 11.1 Å². The van der Waals surface area contributed by atoms with E-state index in [4.69, 9.17) is 0 Å². The van der Waals surface area contributed by atoms with Gasteiger partial charge in [0.25, 0.3) is 0 Å². The number of rotatable bonds is 5. The molecule has 1 N–H and O–H groups in total. The van der Waals surface area contributed by atoms with Gasteiger partial charge in [-0.1, -0.05) is 35.5 Å². The Balaban J connectivity index is 1.54. The van der Waals surface area contributed by atoms with Crippen LogP contribution in [-0.4, -0.2) is 26.3 Å². The van der Waals surface area contributed by atoms with Gasteiger partial charge in [0.15, 0.2) is 10.8 Å². The number of fused-ring (bicyclic) bond motifs is 3. The first-order valence-corrected chi connectivity index (χ1v) is 11.1. The molecule has 0 spiro atoms. The minimum Gasteiger partial charge on any atom is -0.326 e. The number of benzene rings is 2. The lowest BCUT2D eigenvalue weighted by Gasteiger charge is -2.11. The Morgan fingerprint density at radius 2 is 1.73 bits per heavy atom. The Hall–Kier alpha value is -2.86. The highest BCUT2D eigenvalue weighted by molar-refractivity contribution is 7.99. The monoisotopic (exact) mass is 418 g/mol. The van der Waals surface area contributed by atoms with Gasteiger partial charge in [0.2, 0.25) is 5.91 Å². The molecule has 5 nitrogen and oxygen atoms in total. The first-order valence-electron chi connectivity index (χ1n) is 10.1. The number of thioether (sulfide) groups is 1. The fourth-order valence-corrected chi connectivity index (χ4v) is 4.71. The topological polar surface area (TPSA) is 59.3 Å². The van der Waals surface area contributed by atoms with E-state index in [1.807, 2.05) is 32.0 Å². The molecule has 0 fully saturated rings. The summed E-state index contributed by atoms with van der Waals surface area (Å²) < 4.78 is 2.12. The number of aryl methyl sites for hydroxylation is 5. The maximum absolute atomic E-state index is 12.4. The summed E-state index contributed by atoms with van der Waals surface area (Å²) in [4.78, 5) is 12.4. The third kappa shape index (κ3) is 3.92. The predicted molar refractivity (Wildman–Crippen MR) is 125 cm³/mol. The number of carbonyl (C=O) groups excluding carboxylic acids is 1. The molecule has 0 aliphatic rings. The Morgan fingerprint density at radius 1 is 0.933 bits per heavy atom. The zero-order valence-corrected chi connectivity index (χ0v) is 18.9. The highest BCUT2D eigenvalue weighted by Gasteiger charge is 2.14. The molecule has 0 aliphatic heterocycles. The molecule has 154 valence electrons. The van der Waals surface area contributed by atoms with Gasteiger partial charge < -0.3 is 5.32 Å². The second kappa shape index (κ2) is 8.11. The van der Waals surface area contributed by atoms with Crippen LogP contribution in [0.3, 0.4) is 0 Å². The van der Waals surface area contributed by atoms with E-state index in [2.05, 4.69) is 58.9 Å². The molecule has 0 radical (unpaired) electrons. The van der Waals surface area contributed by atoms with Crippen LogP contribution in [0.15, 0.2) is 41.6 Å². The number of hydrogen-bond acceptors (Lipinski definition) is 4. The lowest BCUT2D eigenvalue weighted by atomic mass is 10.0. The van der Waals surface area contributed by atoms with E-state index in [1.54, 1.807) is 11.8 Å². The van der Waals surface area contributed by atoms with Gasteiger partial charge in [-0.25, -0.2) is 0 Å². The van der Waals surface area contributed by atoms with E-state index >= 15 is 0 Å². The Bertz CT molecular complexity index is 1280. The van der Waals surface area contributed by atoms with Crippen molar-refractivity contribution in [2.45, 2.75) is 46.2 Å². The number of hydrogen-bond donors (Lipinski definition) is 1. The molecule has 0 atom stereocenters. The lowest BCUT2D eigenvalue weighted by Crippen LogP contribution is -2.13. The van der Waals surface area contributed by atoms with Crippen molar-refractivity contribution in [3.63, 3.8) is 0 Å². The number of carbonyl (C=O) groups is 1. The SMILES string of the molecule is Cc1ccc(C)c(NC(=O)CCSc2nnc3cc(C)c4cc(C)cc(C)c4n23)c1. The molecule has 0 saturated carbocycles. The molecular formula is C24H26N4OS. The second-order valence-electron chi connectivity index (χ2n) is 7.95. The summed E-state index contributed by atoms with van der Waals surface area (Å²) in [6, 6.07) is 12.6. The standard InChI is InChI=1S/C24H26N4OS/c1-14-6-7-16(3)20(12-14)25-22(29)8-9-30-24-27-26-21-13-17(4)19-11-15(2)10-18(5)23(19)28(21)24/h6-7,10-13H,8-9H2,1-5H3,(H,25,29). The quantitative estimate of drug-likeness (QED) is 0.432. The molecule has 0 bridgehead atoms. The zero-order chi connectivity index (χ0) is 21.4. The molecule has 4 aromatic rings. The average molecular weight is 419 g/mol. The van der Waals surface area contributed by atoms with Crippen LogP contribution >= 0.6 is 11.8 Å². The van der Waals surface area contributed by atoms with E-state index in [1.165, 1.54) is 22.1 Å². The number of pyridine rings is 1. The summed E-state index contributed by atoms with van der Waals surface area (Å²) >= 11 is 1.56. The Morgan fingerprint density at radius 3 is 2.53 bits per heavy atom. The maximum atomic E-state index is 12.4. The van der Waals surface area contributed by atoms with Gasteiger partial charge in [0, 0.05) is 23.2 Å². The zero-order valence-electron chi connectivity index (χ0n) is 18.0. The first-order chi connectivity index (χ1) is 14.3.